The van der Waals surface area contributed by atoms with Crippen molar-refractivity contribution in [3.05, 3.63) is 58.1 Å². The molecule has 0 aliphatic rings. The van der Waals surface area contributed by atoms with Crippen molar-refractivity contribution in [2.45, 2.75) is 13.3 Å². The molecule has 0 fully saturated rings. The molecule has 0 spiro atoms. The van der Waals surface area contributed by atoms with E-state index >= 15 is 0 Å². The van der Waals surface area contributed by atoms with Gasteiger partial charge in [-0.1, -0.05) is 28.1 Å². The molecule has 0 saturated carbocycles. The number of ether oxygens (including phenoxy) is 1. The number of hydrogen-bond donors (Lipinski definition) is 2. The van der Waals surface area contributed by atoms with E-state index < -0.39 is 0 Å². The fraction of sp³-hybridized carbons (Fsp3) is 0.222. The van der Waals surface area contributed by atoms with E-state index in [-0.39, 0.29) is 18.4 Å². The third-order valence-corrected chi connectivity index (χ3v) is 3.87. The number of halogens is 1. The normalized spacial score (nSPS) is 10.1. The number of hydrogen-bond acceptors (Lipinski definition) is 3. The summed E-state index contributed by atoms with van der Waals surface area (Å²) in [6.07, 6.45) is 0.316. The molecule has 24 heavy (non-hydrogen) atoms. The van der Waals surface area contributed by atoms with Crippen LogP contribution < -0.4 is 15.4 Å². The van der Waals surface area contributed by atoms with Crippen LogP contribution in [-0.2, 0) is 16.0 Å². The molecule has 2 rings (SSSR count). The zero-order valence-corrected chi connectivity index (χ0v) is 15.1. The van der Waals surface area contributed by atoms with E-state index in [2.05, 4.69) is 26.6 Å². The number of carbonyl (C=O) groups excluding carboxylic acids is 2. The molecule has 0 atom stereocenters. The second kappa shape index (κ2) is 8.49. The van der Waals surface area contributed by atoms with Gasteiger partial charge in [0.05, 0.1) is 6.42 Å². The van der Waals surface area contributed by atoms with Crippen molar-refractivity contribution in [1.29, 1.82) is 0 Å². The van der Waals surface area contributed by atoms with Gasteiger partial charge in [-0.05, 0) is 48.4 Å². The lowest BCUT2D eigenvalue weighted by molar-refractivity contribution is -0.120. The van der Waals surface area contributed by atoms with Crippen molar-refractivity contribution >= 4 is 33.4 Å². The molecule has 0 heterocycles. The Balaban J connectivity index is 1.86. The molecule has 2 N–H and O–H groups in total. The average molecular weight is 391 g/mol. The Labute approximate surface area is 149 Å². The second-order valence-electron chi connectivity index (χ2n) is 5.29. The van der Waals surface area contributed by atoms with Crippen molar-refractivity contribution in [1.82, 2.24) is 5.32 Å². The van der Waals surface area contributed by atoms with Gasteiger partial charge in [0.25, 0.3) is 5.91 Å². The molecule has 0 saturated heterocycles. The number of likely N-dealkylation sites (N-methyl/N-ethyl adjacent to an activating group) is 1. The van der Waals surface area contributed by atoms with Crippen molar-refractivity contribution < 1.29 is 14.3 Å². The molecule has 6 heteroatoms. The molecule has 126 valence electrons. The monoisotopic (exact) mass is 390 g/mol. The first-order valence-corrected chi connectivity index (χ1v) is 8.25. The van der Waals surface area contributed by atoms with Gasteiger partial charge in [0.15, 0.2) is 6.61 Å². The van der Waals surface area contributed by atoms with E-state index in [0.717, 1.165) is 15.6 Å². The Morgan fingerprint density at radius 2 is 1.79 bits per heavy atom. The minimum atomic E-state index is -0.239. The van der Waals surface area contributed by atoms with Crippen LogP contribution >= 0.6 is 15.9 Å². The largest absolute Gasteiger partial charge is 0.483 e. The molecule has 5 nitrogen and oxygen atoms in total. The zero-order valence-electron chi connectivity index (χ0n) is 13.6. The van der Waals surface area contributed by atoms with Crippen molar-refractivity contribution in [3.63, 3.8) is 0 Å². The minimum absolute atomic E-state index is 0.0509. The van der Waals surface area contributed by atoms with Gasteiger partial charge in [0.1, 0.15) is 5.75 Å². The summed E-state index contributed by atoms with van der Waals surface area (Å²) in [4.78, 5) is 23.3. The van der Waals surface area contributed by atoms with Gasteiger partial charge in [-0.3, -0.25) is 9.59 Å². The van der Waals surface area contributed by atoms with Gasteiger partial charge in [-0.2, -0.15) is 0 Å². The molecule has 0 aromatic heterocycles. The molecule has 0 bridgehead atoms. The maximum absolute atomic E-state index is 12.0. The SMILES string of the molecule is CNC(=O)Cc1ccc(NC(=O)COc2ccc(Br)cc2C)cc1. The van der Waals surface area contributed by atoms with E-state index in [1.54, 1.807) is 19.2 Å². The van der Waals surface area contributed by atoms with Gasteiger partial charge in [0, 0.05) is 17.2 Å². The van der Waals surface area contributed by atoms with E-state index in [4.69, 9.17) is 4.74 Å². The van der Waals surface area contributed by atoms with Crippen LogP contribution in [0.25, 0.3) is 0 Å². The fourth-order valence-corrected chi connectivity index (χ4v) is 2.57. The summed E-state index contributed by atoms with van der Waals surface area (Å²) in [7, 11) is 1.60. The third kappa shape index (κ3) is 5.38. The smallest absolute Gasteiger partial charge is 0.262 e. The van der Waals surface area contributed by atoms with Gasteiger partial charge in [0.2, 0.25) is 5.91 Å². The Kier molecular flexibility index (Phi) is 6.37. The van der Waals surface area contributed by atoms with Crippen LogP contribution in [0.3, 0.4) is 0 Å². The summed E-state index contributed by atoms with van der Waals surface area (Å²) >= 11 is 3.39. The highest BCUT2D eigenvalue weighted by atomic mass is 79.9. The minimum Gasteiger partial charge on any atom is -0.483 e. The third-order valence-electron chi connectivity index (χ3n) is 3.38. The Bertz CT molecular complexity index is 730. The lowest BCUT2D eigenvalue weighted by Crippen LogP contribution is -2.21. The van der Waals surface area contributed by atoms with Crippen LogP contribution in [0.4, 0.5) is 5.69 Å². The number of aryl methyl sites for hydroxylation is 1. The molecule has 2 aromatic carbocycles. The summed E-state index contributed by atoms with van der Waals surface area (Å²) < 4.78 is 6.50. The Morgan fingerprint density at radius 3 is 2.42 bits per heavy atom. The Hall–Kier alpha value is -2.34. The van der Waals surface area contributed by atoms with Crippen LogP contribution in [0.5, 0.6) is 5.75 Å². The van der Waals surface area contributed by atoms with E-state index in [1.165, 1.54) is 0 Å². The molecular weight excluding hydrogens is 372 g/mol. The molecule has 0 aliphatic carbocycles. The quantitative estimate of drug-likeness (QED) is 0.796. The van der Waals surface area contributed by atoms with Crippen LogP contribution in [-0.4, -0.2) is 25.5 Å². The van der Waals surface area contributed by atoms with E-state index in [9.17, 15) is 9.59 Å². The predicted molar refractivity (Wildman–Crippen MR) is 97.2 cm³/mol. The second-order valence-corrected chi connectivity index (χ2v) is 6.21. The van der Waals surface area contributed by atoms with Gasteiger partial charge < -0.3 is 15.4 Å². The van der Waals surface area contributed by atoms with Gasteiger partial charge >= 0.3 is 0 Å². The highest BCUT2D eigenvalue weighted by Crippen LogP contribution is 2.22. The molecule has 0 aliphatic heterocycles. The number of benzene rings is 2. The molecule has 2 aromatic rings. The number of anilines is 1. The average Bonchev–Trinajstić information content (AvgIpc) is 2.55. The fourth-order valence-electron chi connectivity index (χ4n) is 2.09. The van der Waals surface area contributed by atoms with Crippen LogP contribution in [0.15, 0.2) is 46.9 Å². The lowest BCUT2D eigenvalue weighted by atomic mass is 10.1. The van der Waals surface area contributed by atoms with Gasteiger partial charge in [-0.15, -0.1) is 0 Å². The highest BCUT2D eigenvalue weighted by molar-refractivity contribution is 9.10. The van der Waals surface area contributed by atoms with Crippen molar-refractivity contribution in [3.8, 4) is 5.75 Å². The first-order valence-electron chi connectivity index (χ1n) is 7.46. The number of rotatable bonds is 6. The maximum Gasteiger partial charge on any atom is 0.262 e. The maximum atomic E-state index is 12.0. The zero-order chi connectivity index (χ0) is 17.5. The molecular formula is C18H19BrN2O3. The number of amides is 2. The van der Waals surface area contributed by atoms with Crippen molar-refractivity contribution in [2.24, 2.45) is 0 Å². The van der Waals surface area contributed by atoms with Gasteiger partial charge in [-0.25, -0.2) is 0 Å². The lowest BCUT2D eigenvalue weighted by Gasteiger charge is -2.10. The predicted octanol–water partition coefficient (Wildman–Crippen LogP) is 3.06. The summed E-state index contributed by atoms with van der Waals surface area (Å²) in [5.74, 6) is 0.385. The van der Waals surface area contributed by atoms with Crippen LogP contribution in [0.1, 0.15) is 11.1 Å². The Morgan fingerprint density at radius 1 is 1.08 bits per heavy atom. The van der Waals surface area contributed by atoms with E-state index in [1.807, 2.05) is 37.3 Å². The number of nitrogens with one attached hydrogen (secondary N) is 2. The van der Waals surface area contributed by atoms with E-state index in [0.29, 0.717) is 17.9 Å². The summed E-state index contributed by atoms with van der Waals surface area (Å²) in [5, 5.41) is 5.34. The molecule has 0 unspecified atom stereocenters. The summed E-state index contributed by atoms with van der Waals surface area (Å²) in [5.41, 5.74) is 2.50. The van der Waals surface area contributed by atoms with Crippen LogP contribution in [0, 0.1) is 6.92 Å². The standard InChI is InChI=1S/C18H19BrN2O3/c1-12-9-14(19)5-8-16(12)24-11-18(23)21-15-6-3-13(4-7-15)10-17(22)20-2/h3-9H,10-11H2,1-2H3,(H,20,22)(H,21,23). The first-order chi connectivity index (χ1) is 11.5. The molecule has 2 amide bonds. The number of carbonyl (C=O) groups is 2. The van der Waals surface area contributed by atoms with Crippen molar-refractivity contribution in [2.75, 3.05) is 19.0 Å². The van der Waals surface area contributed by atoms with Crippen LogP contribution in [0.2, 0.25) is 0 Å². The topological polar surface area (TPSA) is 67.4 Å². The summed E-state index contributed by atoms with van der Waals surface area (Å²) in [6, 6.07) is 12.8. The molecule has 0 radical (unpaired) electrons. The highest BCUT2D eigenvalue weighted by Gasteiger charge is 2.07. The first kappa shape index (κ1) is 18.0. The summed E-state index contributed by atoms with van der Waals surface area (Å²) in [6.45, 7) is 1.85.